The average Bonchev–Trinajstić information content (AvgIpc) is 3.24. The Bertz CT molecular complexity index is 778. The van der Waals surface area contributed by atoms with E-state index in [1.54, 1.807) is 12.5 Å². The van der Waals surface area contributed by atoms with Gasteiger partial charge in [-0.2, -0.15) is 0 Å². The van der Waals surface area contributed by atoms with Crippen LogP contribution in [-0.4, -0.2) is 48.9 Å². The van der Waals surface area contributed by atoms with Crippen LogP contribution >= 0.6 is 0 Å². The fraction of sp³-hybridized carbons (Fsp3) is 0.286. The second-order valence-corrected chi connectivity index (χ2v) is 5.21. The number of benzene rings is 1. The summed E-state index contributed by atoms with van der Waals surface area (Å²) in [5.74, 6) is 0.0501. The Balaban J connectivity index is 1.55. The maximum absolute atomic E-state index is 12.6. The average molecular weight is 282 g/mol. The van der Waals surface area contributed by atoms with Crippen molar-refractivity contribution < 1.29 is 4.79 Å². The van der Waals surface area contributed by atoms with Gasteiger partial charge < -0.3 is 9.88 Å². The van der Waals surface area contributed by atoms with E-state index in [-0.39, 0.29) is 11.9 Å². The molecule has 3 heterocycles. The largest absolute Gasteiger partial charge is 0.345 e. The van der Waals surface area contributed by atoms with Crippen LogP contribution in [0.15, 0.2) is 36.9 Å². The Kier molecular flexibility index (Phi) is 2.70. The Morgan fingerprint density at radius 1 is 1.38 bits per heavy atom. The van der Waals surface area contributed by atoms with Gasteiger partial charge in [0.1, 0.15) is 0 Å². The molecule has 1 amide bonds. The Hall–Kier alpha value is -2.70. The third-order valence-electron chi connectivity index (χ3n) is 3.93. The number of fused-ring (bicyclic) bond motifs is 1. The van der Waals surface area contributed by atoms with E-state index in [9.17, 15) is 4.79 Å². The van der Waals surface area contributed by atoms with Crippen molar-refractivity contribution in [3.05, 3.63) is 42.5 Å². The highest BCUT2D eigenvalue weighted by molar-refractivity contribution is 5.97. The highest BCUT2D eigenvalue weighted by Crippen LogP contribution is 2.23. The Labute approximate surface area is 120 Å². The normalized spacial score (nSPS) is 18.5. The van der Waals surface area contributed by atoms with Crippen molar-refractivity contribution in [3.63, 3.8) is 0 Å². The van der Waals surface area contributed by atoms with E-state index in [0.717, 1.165) is 24.0 Å². The van der Waals surface area contributed by atoms with Gasteiger partial charge in [0.2, 0.25) is 0 Å². The number of likely N-dealkylation sites (tertiary alicyclic amines) is 1. The molecule has 3 aromatic rings. The summed E-state index contributed by atoms with van der Waals surface area (Å²) >= 11 is 0. The standard InChI is InChI=1S/C14H14N6O/c21-14(10-1-2-12-13(7-10)16-9-15-12)19-5-3-11(8-19)20-6-4-17-18-20/h1-2,4,6-7,9,11H,3,5,8H2,(H,15,16). The molecule has 1 aliphatic heterocycles. The quantitative estimate of drug-likeness (QED) is 0.767. The summed E-state index contributed by atoms with van der Waals surface area (Å²) in [5.41, 5.74) is 2.44. The molecule has 0 aliphatic carbocycles. The smallest absolute Gasteiger partial charge is 0.254 e. The highest BCUT2D eigenvalue weighted by Gasteiger charge is 2.28. The molecule has 0 saturated carbocycles. The van der Waals surface area contributed by atoms with Crippen molar-refractivity contribution >= 4 is 16.9 Å². The lowest BCUT2D eigenvalue weighted by Gasteiger charge is -2.16. The van der Waals surface area contributed by atoms with Crippen molar-refractivity contribution in [3.8, 4) is 0 Å². The Morgan fingerprint density at radius 2 is 2.33 bits per heavy atom. The molecular weight excluding hydrogens is 268 g/mol. The van der Waals surface area contributed by atoms with Gasteiger partial charge in [-0.05, 0) is 24.6 Å². The van der Waals surface area contributed by atoms with Crippen molar-refractivity contribution in [1.82, 2.24) is 29.9 Å². The van der Waals surface area contributed by atoms with Crippen molar-refractivity contribution in [2.75, 3.05) is 13.1 Å². The van der Waals surface area contributed by atoms with Gasteiger partial charge in [-0.1, -0.05) is 5.21 Å². The number of amides is 1. The number of hydrogen-bond donors (Lipinski definition) is 1. The Morgan fingerprint density at radius 3 is 3.19 bits per heavy atom. The summed E-state index contributed by atoms with van der Waals surface area (Å²) in [7, 11) is 0. The first-order valence-electron chi connectivity index (χ1n) is 6.89. The number of nitrogens with one attached hydrogen (secondary N) is 1. The molecule has 1 aromatic carbocycles. The lowest BCUT2D eigenvalue weighted by molar-refractivity contribution is 0.0787. The summed E-state index contributed by atoms with van der Waals surface area (Å²) in [6.45, 7) is 1.41. The van der Waals surface area contributed by atoms with Crippen LogP contribution in [0.1, 0.15) is 22.8 Å². The maximum Gasteiger partial charge on any atom is 0.254 e. The van der Waals surface area contributed by atoms with Crippen LogP contribution in [0.25, 0.3) is 11.0 Å². The van der Waals surface area contributed by atoms with E-state index in [2.05, 4.69) is 20.3 Å². The number of imidazole rings is 1. The van der Waals surface area contributed by atoms with Gasteiger partial charge in [0.05, 0.1) is 29.6 Å². The molecule has 7 heteroatoms. The molecule has 0 radical (unpaired) electrons. The summed E-state index contributed by atoms with van der Waals surface area (Å²) in [5, 5.41) is 7.84. The number of H-pyrrole nitrogens is 1. The topological polar surface area (TPSA) is 79.7 Å². The first kappa shape index (κ1) is 12.1. The minimum Gasteiger partial charge on any atom is -0.345 e. The van der Waals surface area contributed by atoms with Crippen LogP contribution in [0, 0.1) is 0 Å². The van der Waals surface area contributed by atoms with Crippen LogP contribution in [0.5, 0.6) is 0 Å². The summed E-state index contributed by atoms with van der Waals surface area (Å²) < 4.78 is 1.82. The van der Waals surface area contributed by atoms with Crippen LogP contribution in [0.3, 0.4) is 0 Å². The number of hydrogen-bond acceptors (Lipinski definition) is 4. The molecule has 0 bridgehead atoms. The third kappa shape index (κ3) is 2.06. The van der Waals surface area contributed by atoms with E-state index < -0.39 is 0 Å². The number of nitrogens with zero attached hydrogens (tertiary/aromatic N) is 5. The SMILES string of the molecule is O=C(c1ccc2nc[nH]c2c1)N1CCC(n2ccnn2)C1. The summed E-state index contributed by atoms with van der Waals surface area (Å²) in [4.78, 5) is 21.6. The second kappa shape index (κ2) is 4.69. The fourth-order valence-electron chi connectivity index (χ4n) is 2.81. The first-order chi connectivity index (χ1) is 10.3. The lowest BCUT2D eigenvalue weighted by Crippen LogP contribution is -2.29. The van der Waals surface area contributed by atoms with Gasteiger partial charge in [0, 0.05) is 24.8 Å². The minimum absolute atomic E-state index is 0.0501. The third-order valence-corrected chi connectivity index (χ3v) is 3.93. The molecule has 7 nitrogen and oxygen atoms in total. The fourth-order valence-corrected chi connectivity index (χ4v) is 2.81. The molecule has 1 N–H and O–H groups in total. The maximum atomic E-state index is 12.6. The molecule has 0 spiro atoms. The molecule has 2 aromatic heterocycles. The molecule has 1 aliphatic rings. The predicted octanol–water partition coefficient (Wildman–Crippen LogP) is 1.24. The van der Waals surface area contributed by atoms with Crippen molar-refractivity contribution in [1.29, 1.82) is 0 Å². The number of rotatable bonds is 2. The zero-order valence-electron chi connectivity index (χ0n) is 11.3. The van der Waals surface area contributed by atoms with E-state index in [1.165, 1.54) is 0 Å². The number of aromatic amines is 1. The van der Waals surface area contributed by atoms with Gasteiger partial charge >= 0.3 is 0 Å². The molecule has 106 valence electrons. The predicted molar refractivity (Wildman–Crippen MR) is 75.7 cm³/mol. The molecule has 4 rings (SSSR count). The van der Waals surface area contributed by atoms with Gasteiger partial charge in [-0.3, -0.25) is 4.79 Å². The summed E-state index contributed by atoms with van der Waals surface area (Å²) in [6, 6.07) is 5.76. The molecule has 1 unspecified atom stereocenters. The number of carbonyl (C=O) groups is 1. The summed E-state index contributed by atoms with van der Waals surface area (Å²) in [6.07, 6.45) is 6.04. The number of aromatic nitrogens is 5. The second-order valence-electron chi connectivity index (χ2n) is 5.21. The van der Waals surface area contributed by atoms with Gasteiger partial charge in [0.25, 0.3) is 5.91 Å². The first-order valence-corrected chi connectivity index (χ1v) is 6.89. The zero-order valence-corrected chi connectivity index (χ0v) is 11.3. The van der Waals surface area contributed by atoms with E-state index >= 15 is 0 Å². The molecule has 1 atom stereocenters. The zero-order chi connectivity index (χ0) is 14.2. The van der Waals surface area contributed by atoms with E-state index in [0.29, 0.717) is 12.1 Å². The van der Waals surface area contributed by atoms with E-state index in [1.807, 2.05) is 34.0 Å². The molecular formula is C14H14N6O. The monoisotopic (exact) mass is 282 g/mol. The van der Waals surface area contributed by atoms with Crippen LogP contribution in [0.2, 0.25) is 0 Å². The minimum atomic E-state index is 0.0501. The molecule has 21 heavy (non-hydrogen) atoms. The van der Waals surface area contributed by atoms with Crippen molar-refractivity contribution in [2.45, 2.75) is 12.5 Å². The van der Waals surface area contributed by atoms with Crippen LogP contribution < -0.4 is 0 Å². The highest BCUT2D eigenvalue weighted by atomic mass is 16.2. The van der Waals surface area contributed by atoms with Crippen LogP contribution in [0.4, 0.5) is 0 Å². The van der Waals surface area contributed by atoms with Crippen molar-refractivity contribution in [2.24, 2.45) is 0 Å². The molecule has 1 fully saturated rings. The molecule has 1 saturated heterocycles. The van der Waals surface area contributed by atoms with Gasteiger partial charge in [-0.25, -0.2) is 9.67 Å². The van der Waals surface area contributed by atoms with Gasteiger partial charge in [0.15, 0.2) is 0 Å². The lowest BCUT2D eigenvalue weighted by atomic mass is 10.2. The van der Waals surface area contributed by atoms with E-state index in [4.69, 9.17) is 0 Å². The van der Waals surface area contributed by atoms with Crippen LogP contribution in [-0.2, 0) is 0 Å². The van der Waals surface area contributed by atoms with Gasteiger partial charge in [-0.15, -0.1) is 5.10 Å². The number of carbonyl (C=O) groups excluding carboxylic acids is 1.